The molecule has 3 rings (SSSR count). The Balaban J connectivity index is 1.92. The number of nitrogens with one attached hydrogen (secondary N) is 2. The van der Waals surface area contributed by atoms with E-state index in [-0.39, 0.29) is 12.2 Å². The maximum absolute atomic E-state index is 11.7. The Morgan fingerprint density at radius 2 is 2.03 bits per heavy atom. The third-order valence-corrected chi connectivity index (χ3v) is 4.29. The number of nitriles is 1. The Hall–Kier alpha value is -3.92. The Morgan fingerprint density at radius 1 is 1.21 bits per heavy atom. The number of benzene rings is 2. The Labute approximate surface area is 169 Å². The predicted molar refractivity (Wildman–Crippen MR) is 113 cm³/mol. The van der Waals surface area contributed by atoms with E-state index in [0.717, 1.165) is 23.0 Å². The van der Waals surface area contributed by atoms with E-state index in [2.05, 4.69) is 33.6 Å². The molecule has 0 amide bonds. The fourth-order valence-corrected chi connectivity index (χ4v) is 2.83. The second-order valence-electron chi connectivity index (χ2n) is 6.12. The molecule has 0 aliphatic carbocycles. The topological polar surface area (TPSA) is 99.9 Å². The number of nitrogens with zero attached hydrogens (tertiary/aromatic N) is 3. The number of aromatic nitrogens is 2. The molecule has 0 saturated carbocycles. The van der Waals surface area contributed by atoms with E-state index in [9.17, 15) is 4.79 Å². The summed E-state index contributed by atoms with van der Waals surface area (Å²) in [5, 5.41) is 16.3. The molecule has 7 heteroatoms. The van der Waals surface area contributed by atoms with Crippen LogP contribution in [0.3, 0.4) is 0 Å². The minimum atomic E-state index is -0.662. The summed E-state index contributed by atoms with van der Waals surface area (Å²) >= 11 is 0. The van der Waals surface area contributed by atoms with Crippen LogP contribution in [0, 0.1) is 11.3 Å². The molecule has 146 valence electrons. The number of anilines is 3. The first-order valence-electron chi connectivity index (χ1n) is 9.29. The fraction of sp³-hybridized carbons (Fsp3) is 0.182. The monoisotopic (exact) mass is 387 g/mol. The standard InChI is InChI=1S/C22H21N5O2/c1-3-15-7-5-6-8-19(15)27-21-18-11-17(9-10-20(18)25-14-26-21)24-13-16(12-23)22(28)29-4-2/h5-11,13-14,24H,3-4H2,1-2H3,(H,25,26,27)/b16-13-. The number of fused-ring (bicyclic) bond motifs is 1. The van der Waals surface area contributed by atoms with Gasteiger partial charge in [-0.2, -0.15) is 5.26 Å². The number of esters is 1. The summed E-state index contributed by atoms with van der Waals surface area (Å²) in [6.45, 7) is 4.00. The molecule has 0 atom stereocenters. The molecule has 2 aromatic carbocycles. The van der Waals surface area contributed by atoms with Gasteiger partial charge in [0.25, 0.3) is 0 Å². The molecular formula is C22H21N5O2. The van der Waals surface area contributed by atoms with E-state index in [1.54, 1.807) is 6.92 Å². The summed E-state index contributed by atoms with van der Waals surface area (Å²) in [5.74, 6) is 0.0135. The number of ether oxygens (including phenoxy) is 1. The van der Waals surface area contributed by atoms with E-state index in [1.165, 1.54) is 18.1 Å². The molecule has 0 spiro atoms. The Morgan fingerprint density at radius 3 is 2.79 bits per heavy atom. The molecule has 0 unspecified atom stereocenters. The molecule has 2 N–H and O–H groups in total. The van der Waals surface area contributed by atoms with Crippen LogP contribution in [0.1, 0.15) is 19.4 Å². The lowest BCUT2D eigenvalue weighted by atomic mass is 10.1. The van der Waals surface area contributed by atoms with Crippen molar-refractivity contribution in [2.75, 3.05) is 17.2 Å². The highest BCUT2D eigenvalue weighted by atomic mass is 16.5. The van der Waals surface area contributed by atoms with Crippen LogP contribution in [-0.2, 0) is 16.0 Å². The molecule has 0 aliphatic heterocycles. The fourth-order valence-electron chi connectivity index (χ4n) is 2.83. The summed E-state index contributed by atoms with van der Waals surface area (Å²) in [6, 6.07) is 15.4. The molecular weight excluding hydrogens is 366 g/mol. The average molecular weight is 387 g/mol. The third-order valence-electron chi connectivity index (χ3n) is 4.29. The molecule has 7 nitrogen and oxygen atoms in total. The summed E-state index contributed by atoms with van der Waals surface area (Å²) in [6.07, 6.45) is 3.75. The molecule has 1 aromatic heterocycles. The lowest BCUT2D eigenvalue weighted by Crippen LogP contribution is -2.07. The smallest absolute Gasteiger partial charge is 0.350 e. The zero-order chi connectivity index (χ0) is 20.6. The van der Waals surface area contributed by atoms with Gasteiger partial charge < -0.3 is 15.4 Å². The van der Waals surface area contributed by atoms with Gasteiger partial charge in [0.1, 0.15) is 18.2 Å². The minimum Gasteiger partial charge on any atom is -0.462 e. The second-order valence-corrected chi connectivity index (χ2v) is 6.12. The number of carbonyl (C=O) groups is 1. The largest absolute Gasteiger partial charge is 0.462 e. The van der Waals surface area contributed by atoms with Crippen molar-refractivity contribution >= 4 is 34.1 Å². The lowest BCUT2D eigenvalue weighted by molar-refractivity contribution is -0.138. The third kappa shape index (κ3) is 4.68. The second kappa shape index (κ2) is 9.33. The van der Waals surface area contributed by atoms with Crippen LogP contribution in [0.5, 0.6) is 0 Å². The zero-order valence-corrected chi connectivity index (χ0v) is 16.3. The normalized spacial score (nSPS) is 11.0. The van der Waals surface area contributed by atoms with Crippen molar-refractivity contribution in [3.05, 3.63) is 66.1 Å². The van der Waals surface area contributed by atoms with Crippen molar-refractivity contribution in [1.82, 2.24) is 9.97 Å². The number of carbonyl (C=O) groups excluding carboxylic acids is 1. The number of rotatable bonds is 7. The number of aryl methyl sites for hydroxylation is 1. The molecule has 0 aliphatic rings. The van der Waals surface area contributed by atoms with Crippen molar-refractivity contribution in [2.45, 2.75) is 20.3 Å². The van der Waals surface area contributed by atoms with Crippen LogP contribution in [-0.4, -0.2) is 22.5 Å². The lowest BCUT2D eigenvalue weighted by Gasteiger charge is -2.12. The number of hydrogen-bond donors (Lipinski definition) is 2. The van der Waals surface area contributed by atoms with Gasteiger partial charge in [-0.3, -0.25) is 0 Å². The van der Waals surface area contributed by atoms with E-state index >= 15 is 0 Å². The van der Waals surface area contributed by atoms with Crippen molar-refractivity contribution in [3.63, 3.8) is 0 Å². The van der Waals surface area contributed by atoms with Gasteiger partial charge in [-0.25, -0.2) is 14.8 Å². The van der Waals surface area contributed by atoms with Crippen LogP contribution in [0.15, 0.2) is 60.6 Å². The maximum Gasteiger partial charge on any atom is 0.350 e. The van der Waals surface area contributed by atoms with Gasteiger partial charge in [0, 0.05) is 23.0 Å². The number of hydrogen-bond acceptors (Lipinski definition) is 7. The van der Waals surface area contributed by atoms with E-state index in [4.69, 9.17) is 10.00 Å². The first-order valence-corrected chi connectivity index (χ1v) is 9.29. The maximum atomic E-state index is 11.7. The van der Waals surface area contributed by atoms with Gasteiger partial charge in [0.15, 0.2) is 5.57 Å². The highest BCUT2D eigenvalue weighted by Crippen LogP contribution is 2.27. The quantitative estimate of drug-likeness (QED) is 0.354. The van der Waals surface area contributed by atoms with Gasteiger partial charge in [-0.1, -0.05) is 25.1 Å². The predicted octanol–water partition coefficient (Wildman–Crippen LogP) is 4.32. The first kappa shape index (κ1) is 19.8. The molecule has 0 saturated heterocycles. The molecule has 3 aromatic rings. The van der Waals surface area contributed by atoms with Crippen LogP contribution in [0.4, 0.5) is 17.2 Å². The van der Waals surface area contributed by atoms with E-state index in [1.807, 2.05) is 42.5 Å². The number of para-hydroxylation sites is 1. The van der Waals surface area contributed by atoms with E-state index < -0.39 is 5.97 Å². The van der Waals surface area contributed by atoms with Gasteiger partial charge in [0.2, 0.25) is 0 Å². The molecule has 0 fully saturated rings. The molecule has 0 radical (unpaired) electrons. The Kier molecular flexibility index (Phi) is 6.38. The van der Waals surface area contributed by atoms with Crippen LogP contribution >= 0.6 is 0 Å². The van der Waals surface area contributed by atoms with Crippen molar-refractivity contribution in [1.29, 1.82) is 5.26 Å². The molecule has 29 heavy (non-hydrogen) atoms. The first-order chi connectivity index (χ1) is 14.2. The average Bonchev–Trinajstić information content (AvgIpc) is 2.75. The molecule has 0 bridgehead atoms. The van der Waals surface area contributed by atoms with Crippen molar-refractivity contribution in [3.8, 4) is 6.07 Å². The van der Waals surface area contributed by atoms with Crippen molar-refractivity contribution < 1.29 is 9.53 Å². The zero-order valence-electron chi connectivity index (χ0n) is 16.3. The van der Waals surface area contributed by atoms with Crippen LogP contribution < -0.4 is 10.6 Å². The van der Waals surface area contributed by atoms with Gasteiger partial charge in [-0.15, -0.1) is 0 Å². The summed E-state index contributed by atoms with van der Waals surface area (Å²) in [7, 11) is 0. The summed E-state index contributed by atoms with van der Waals surface area (Å²) in [5.41, 5.74) is 3.53. The van der Waals surface area contributed by atoms with Crippen LogP contribution in [0.2, 0.25) is 0 Å². The SMILES string of the molecule is CCOC(=O)/C(C#N)=C\Nc1ccc2ncnc(Nc3ccccc3CC)c2c1. The van der Waals surface area contributed by atoms with Gasteiger partial charge in [0.05, 0.1) is 12.1 Å². The van der Waals surface area contributed by atoms with Crippen molar-refractivity contribution in [2.24, 2.45) is 0 Å². The highest BCUT2D eigenvalue weighted by Gasteiger charge is 2.10. The minimum absolute atomic E-state index is 0.105. The van der Waals surface area contributed by atoms with E-state index in [0.29, 0.717) is 11.5 Å². The Bertz CT molecular complexity index is 1100. The summed E-state index contributed by atoms with van der Waals surface area (Å²) < 4.78 is 4.86. The van der Waals surface area contributed by atoms with Gasteiger partial charge in [-0.05, 0) is 43.2 Å². The van der Waals surface area contributed by atoms with Crippen LogP contribution in [0.25, 0.3) is 10.9 Å². The highest BCUT2D eigenvalue weighted by molar-refractivity contribution is 5.94. The van der Waals surface area contributed by atoms with Gasteiger partial charge >= 0.3 is 5.97 Å². The summed E-state index contributed by atoms with van der Waals surface area (Å²) in [4.78, 5) is 20.4. The molecule has 1 heterocycles.